The standard InChI is InChI=1S/C15H21NO4/c1-4-19-13(17)15(3,14(18)20-5-2)10-9-12-8-6-7-11-16-12/h6-8,11H,4-5,9-10H2,1-3H3. The molecule has 1 heterocycles. The van der Waals surface area contributed by atoms with Gasteiger partial charge >= 0.3 is 11.9 Å². The lowest BCUT2D eigenvalue weighted by atomic mass is 9.84. The Morgan fingerprint density at radius 2 is 1.75 bits per heavy atom. The molecule has 0 amide bonds. The minimum atomic E-state index is -1.29. The smallest absolute Gasteiger partial charge is 0.323 e. The predicted octanol–water partition coefficient (Wildman–Crippen LogP) is 2.15. The van der Waals surface area contributed by atoms with Crippen molar-refractivity contribution < 1.29 is 19.1 Å². The van der Waals surface area contributed by atoms with Crippen LogP contribution in [-0.4, -0.2) is 30.1 Å². The molecule has 5 nitrogen and oxygen atoms in total. The van der Waals surface area contributed by atoms with Crippen LogP contribution in [0.5, 0.6) is 0 Å². The van der Waals surface area contributed by atoms with E-state index in [1.165, 1.54) is 0 Å². The number of aryl methyl sites for hydroxylation is 1. The van der Waals surface area contributed by atoms with Gasteiger partial charge in [-0.3, -0.25) is 14.6 Å². The Morgan fingerprint density at radius 3 is 2.20 bits per heavy atom. The van der Waals surface area contributed by atoms with E-state index in [0.29, 0.717) is 12.8 Å². The summed E-state index contributed by atoms with van der Waals surface area (Å²) in [6.07, 6.45) is 2.50. The topological polar surface area (TPSA) is 65.5 Å². The van der Waals surface area contributed by atoms with Gasteiger partial charge in [0, 0.05) is 11.9 Å². The maximum Gasteiger partial charge on any atom is 0.323 e. The first-order chi connectivity index (χ1) is 9.54. The number of ether oxygens (including phenoxy) is 2. The Bertz CT molecular complexity index is 426. The second kappa shape index (κ2) is 7.62. The van der Waals surface area contributed by atoms with E-state index in [1.54, 1.807) is 27.0 Å². The molecule has 0 unspecified atom stereocenters. The summed E-state index contributed by atoms with van der Waals surface area (Å²) >= 11 is 0. The fourth-order valence-corrected chi connectivity index (χ4v) is 1.79. The monoisotopic (exact) mass is 279 g/mol. The van der Waals surface area contributed by atoms with Crippen LogP contribution in [-0.2, 0) is 25.5 Å². The second-order valence-corrected chi connectivity index (χ2v) is 4.59. The summed E-state index contributed by atoms with van der Waals surface area (Å²) < 4.78 is 10.0. The summed E-state index contributed by atoms with van der Waals surface area (Å²) in [6.45, 7) is 5.45. The molecule has 0 saturated carbocycles. The number of aromatic nitrogens is 1. The first-order valence-electron chi connectivity index (χ1n) is 6.79. The molecule has 1 aromatic heterocycles. The van der Waals surface area contributed by atoms with E-state index >= 15 is 0 Å². The summed E-state index contributed by atoms with van der Waals surface area (Å²) in [4.78, 5) is 28.3. The van der Waals surface area contributed by atoms with Gasteiger partial charge in [0.25, 0.3) is 0 Å². The number of esters is 2. The van der Waals surface area contributed by atoms with Crippen molar-refractivity contribution in [3.63, 3.8) is 0 Å². The number of hydrogen-bond donors (Lipinski definition) is 0. The zero-order valence-corrected chi connectivity index (χ0v) is 12.2. The van der Waals surface area contributed by atoms with Gasteiger partial charge in [0.2, 0.25) is 0 Å². The van der Waals surface area contributed by atoms with Crippen molar-refractivity contribution in [1.29, 1.82) is 0 Å². The summed E-state index contributed by atoms with van der Waals surface area (Å²) in [5, 5.41) is 0. The Balaban J connectivity index is 2.82. The molecule has 0 bridgehead atoms. The molecule has 1 aromatic rings. The molecule has 0 aliphatic rings. The van der Waals surface area contributed by atoms with Crippen molar-refractivity contribution >= 4 is 11.9 Å². The highest BCUT2D eigenvalue weighted by atomic mass is 16.6. The molecule has 0 aromatic carbocycles. The molecule has 5 heteroatoms. The van der Waals surface area contributed by atoms with E-state index in [-0.39, 0.29) is 13.2 Å². The number of nitrogens with zero attached hydrogens (tertiary/aromatic N) is 1. The molecule has 0 radical (unpaired) electrons. The molecule has 0 fully saturated rings. The van der Waals surface area contributed by atoms with Gasteiger partial charge in [-0.05, 0) is 45.7 Å². The van der Waals surface area contributed by atoms with Gasteiger partial charge in [-0.15, -0.1) is 0 Å². The van der Waals surface area contributed by atoms with Crippen molar-refractivity contribution in [2.45, 2.75) is 33.6 Å². The molecular weight excluding hydrogens is 258 g/mol. The quantitative estimate of drug-likeness (QED) is 0.565. The van der Waals surface area contributed by atoms with Gasteiger partial charge in [0.15, 0.2) is 5.41 Å². The number of carbonyl (C=O) groups is 2. The normalized spacial score (nSPS) is 10.9. The molecule has 20 heavy (non-hydrogen) atoms. The van der Waals surface area contributed by atoms with Crippen LogP contribution in [0.15, 0.2) is 24.4 Å². The van der Waals surface area contributed by atoms with Gasteiger partial charge in [0.1, 0.15) is 0 Å². The van der Waals surface area contributed by atoms with Gasteiger partial charge in [-0.1, -0.05) is 6.07 Å². The lowest BCUT2D eigenvalue weighted by Crippen LogP contribution is -2.40. The first-order valence-corrected chi connectivity index (χ1v) is 6.79. The molecule has 110 valence electrons. The Morgan fingerprint density at radius 1 is 1.15 bits per heavy atom. The van der Waals surface area contributed by atoms with Gasteiger partial charge in [-0.2, -0.15) is 0 Å². The van der Waals surface area contributed by atoms with Crippen molar-refractivity contribution in [2.75, 3.05) is 13.2 Å². The maximum atomic E-state index is 12.1. The SMILES string of the molecule is CCOC(=O)C(C)(CCc1ccccn1)C(=O)OCC. The summed E-state index contributed by atoms with van der Waals surface area (Å²) in [5.74, 6) is -1.09. The van der Waals surface area contributed by atoms with Crippen molar-refractivity contribution in [3.8, 4) is 0 Å². The van der Waals surface area contributed by atoms with E-state index in [0.717, 1.165) is 5.69 Å². The lowest BCUT2D eigenvalue weighted by Gasteiger charge is -2.24. The molecule has 0 N–H and O–H groups in total. The number of rotatable bonds is 7. The average molecular weight is 279 g/mol. The molecular formula is C15H21NO4. The fourth-order valence-electron chi connectivity index (χ4n) is 1.79. The highest BCUT2D eigenvalue weighted by Crippen LogP contribution is 2.27. The van der Waals surface area contributed by atoms with Crippen molar-refractivity contribution in [2.24, 2.45) is 5.41 Å². The van der Waals surface area contributed by atoms with E-state index in [4.69, 9.17) is 9.47 Å². The van der Waals surface area contributed by atoms with E-state index in [1.807, 2.05) is 18.2 Å². The summed E-state index contributed by atoms with van der Waals surface area (Å²) in [6, 6.07) is 5.55. The van der Waals surface area contributed by atoms with Crippen molar-refractivity contribution in [1.82, 2.24) is 4.98 Å². The van der Waals surface area contributed by atoms with Crippen LogP contribution in [0.25, 0.3) is 0 Å². The first kappa shape index (κ1) is 16.1. The largest absolute Gasteiger partial charge is 0.465 e. The zero-order valence-electron chi connectivity index (χ0n) is 12.2. The summed E-state index contributed by atoms with van der Waals surface area (Å²) in [5.41, 5.74) is -0.462. The van der Waals surface area contributed by atoms with Gasteiger partial charge in [0.05, 0.1) is 13.2 Å². The van der Waals surface area contributed by atoms with E-state index in [9.17, 15) is 9.59 Å². The van der Waals surface area contributed by atoms with Crippen LogP contribution in [0.2, 0.25) is 0 Å². The molecule has 0 saturated heterocycles. The molecule has 1 rings (SSSR count). The van der Waals surface area contributed by atoms with Crippen molar-refractivity contribution in [3.05, 3.63) is 30.1 Å². The number of pyridine rings is 1. The molecule has 0 aliphatic carbocycles. The number of carbonyl (C=O) groups excluding carboxylic acids is 2. The van der Waals surface area contributed by atoms with Gasteiger partial charge < -0.3 is 9.47 Å². The molecule has 0 spiro atoms. The molecule has 0 aliphatic heterocycles. The average Bonchev–Trinajstić information content (AvgIpc) is 2.46. The maximum absolute atomic E-state index is 12.1. The van der Waals surface area contributed by atoms with Gasteiger partial charge in [-0.25, -0.2) is 0 Å². The van der Waals surface area contributed by atoms with Crippen LogP contribution in [0.1, 0.15) is 32.9 Å². The van der Waals surface area contributed by atoms with Crippen LogP contribution in [0.4, 0.5) is 0 Å². The zero-order chi connectivity index (χ0) is 15.0. The Hall–Kier alpha value is -1.91. The summed E-state index contributed by atoms with van der Waals surface area (Å²) in [7, 11) is 0. The third kappa shape index (κ3) is 4.05. The van der Waals surface area contributed by atoms with E-state index in [2.05, 4.69) is 4.98 Å². The Kier molecular flexibility index (Phi) is 6.15. The fraction of sp³-hybridized carbons (Fsp3) is 0.533. The van der Waals surface area contributed by atoms with Crippen LogP contribution in [0, 0.1) is 5.41 Å². The minimum Gasteiger partial charge on any atom is -0.465 e. The minimum absolute atomic E-state index is 0.234. The van der Waals surface area contributed by atoms with E-state index < -0.39 is 17.4 Å². The van der Waals surface area contributed by atoms with Crippen LogP contribution in [0.3, 0.4) is 0 Å². The van der Waals surface area contributed by atoms with Crippen LogP contribution < -0.4 is 0 Å². The second-order valence-electron chi connectivity index (χ2n) is 4.59. The third-order valence-electron chi connectivity index (χ3n) is 3.06. The highest BCUT2D eigenvalue weighted by molar-refractivity contribution is 5.99. The number of hydrogen-bond acceptors (Lipinski definition) is 5. The van der Waals surface area contributed by atoms with Crippen LogP contribution >= 0.6 is 0 Å². The lowest BCUT2D eigenvalue weighted by molar-refractivity contribution is -0.171. The highest BCUT2D eigenvalue weighted by Gasteiger charge is 2.43. The third-order valence-corrected chi connectivity index (χ3v) is 3.06. The predicted molar refractivity (Wildman–Crippen MR) is 73.9 cm³/mol. The molecule has 0 atom stereocenters. The Labute approximate surface area is 119 Å².